The van der Waals surface area contributed by atoms with E-state index in [1.807, 2.05) is 117 Å². The first-order valence-corrected chi connectivity index (χ1v) is 24.7. The van der Waals surface area contributed by atoms with Crippen LogP contribution in [-0.4, -0.2) is 142 Å². The highest BCUT2D eigenvalue weighted by molar-refractivity contribution is 6.02. The van der Waals surface area contributed by atoms with Crippen molar-refractivity contribution < 1.29 is 23.7 Å². The summed E-state index contributed by atoms with van der Waals surface area (Å²) in [6, 6.07) is 19.6. The topological polar surface area (TPSA) is 190 Å². The molecule has 8 aromatic rings. The minimum atomic E-state index is -0.306. The highest BCUT2D eigenvalue weighted by Crippen LogP contribution is 2.41. The maximum atomic E-state index is 12.3. The molecule has 0 aliphatic carbocycles. The van der Waals surface area contributed by atoms with E-state index in [1.54, 1.807) is 34.6 Å². The number of carbonyl (C=O) groups is 1. The molecule has 0 atom stereocenters. The van der Waals surface area contributed by atoms with Gasteiger partial charge in [0.15, 0.2) is 0 Å². The number of amides is 1. The average Bonchev–Trinajstić information content (AvgIpc) is 3.92. The van der Waals surface area contributed by atoms with E-state index in [4.69, 9.17) is 34.6 Å². The molecule has 76 heavy (non-hydrogen) atoms. The molecular weight excluding hydrogens is 961 g/mol. The van der Waals surface area contributed by atoms with Gasteiger partial charge >= 0.3 is 0 Å². The number of aryl methyl sites for hydroxylation is 4. The van der Waals surface area contributed by atoms with Gasteiger partial charge in [0.05, 0.1) is 85.0 Å². The minimum Gasteiger partial charge on any atom is -0.497 e. The van der Waals surface area contributed by atoms with Gasteiger partial charge < -0.3 is 69.4 Å². The van der Waals surface area contributed by atoms with Gasteiger partial charge in [-0.15, -0.1) is 0 Å². The van der Waals surface area contributed by atoms with E-state index in [-0.39, 0.29) is 5.91 Å². The van der Waals surface area contributed by atoms with Gasteiger partial charge in [0, 0.05) is 125 Å². The van der Waals surface area contributed by atoms with Gasteiger partial charge in [0.1, 0.15) is 23.0 Å². The second-order valence-corrected chi connectivity index (χ2v) is 19.1. The van der Waals surface area contributed by atoms with Crippen LogP contribution in [0.15, 0.2) is 98.1 Å². The zero-order valence-electron chi connectivity index (χ0n) is 46.3. The fourth-order valence-corrected chi connectivity index (χ4v) is 8.71. The Morgan fingerprint density at radius 2 is 1.07 bits per heavy atom. The van der Waals surface area contributed by atoms with E-state index in [9.17, 15) is 4.79 Å². The zero-order chi connectivity index (χ0) is 55.0. The number of anilines is 8. The zero-order valence-corrected chi connectivity index (χ0v) is 46.3. The van der Waals surface area contributed by atoms with Crippen LogP contribution in [0.2, 0.25) is 0 Å². The number of carbonyl (C=O) groups excluding carboxylic acids is 1. The molecule has 0 aliphatic rings. The summed E-state index contributed by atoms with van der Waals surface area (Å²) >= 11 is 0. The molecule has 0 bridgehead atoms. The fourth-order valence-electron chi connectivity index (χ4n) is 8.71. The average molecular weight is 1030 g/mol. The molecule has 0 radical (unpaired) electrons. The number of fused-ring (bicyclic) bond motifs is 2. The first kappa shape index (κ1) is 55.2. The van der Waals surface area contributed by atoms with Gasteiger partial charge in [-0.05, 0) is 95.6 Å². The first-order chi connectivity index (χ1) is 36.4. The fraction of sp³-hybridized carbons (Fsp3) is 0.316. The van der Waals surface area contributed by atoms with Crippen LogP contribution in [-0.2, 0) is 18.9 Å². The number of rotatable bonds is 20. The molecule has 1 amide bonds. The van der Waals surface area contributed by atoms with Crippen molar-refractivity contribution in [2.45, 2.75) is 13.8 Å². The summed E-state index contributed by atoms with van der Waals surface area (Å²) in [5.41, 5.74) is 18.5. The molecule has 5 N–H and O–H groups in total. The third-order valence-corrected chi connectivity index (χ3v) is 13.0. The van der Waals surface area contributed by atoms with Crippen molar-refractivity contribution in [2.75, 3.05) is 128 Å². The molecular formula is C57H72N14O5. The Labute approximate surface area is 445 Å². The third kappa shape index (κ3) is 12.5. The predicted octanol–water partition coefficient (Wildman–Crippen LogP) is 9.11. The van der Waals surface area contributed by atoms with Gasteiger partial charge in [0.25, 0.3) is 0 Å². The smallest absolute Gasteiger partial charge is 0.247 e. The van der Waals surface area contributed by atoms with E-state index in [1.165, 1.54) is 6.08 Å². The second kappa shape index (κ2) is 24.2. The number of nitrogens with zero attached hydrogens (tertiary/aromatic N) is 10. The number of methoxy groups -OCH3 is 4. The summed E-state index contributed by atoms with van der Waals surface area (Å²) in [5.74, 6) is 3.43. The number of aromatic nitrogens is 6. The SMILES string of the molecule is C=CC(=O)Nc1cc(Nc2ncc(C)c(-c3cn(C)c4cc(OC)ccc34)n2)c(OC)cc1N(C)CCN(C)C.COc1ccc2c(-c3nc(Nc4cc(N)c(N(C)CCN(C)C)cc4OC)ncc3C)cn(C)c2c1. The monoisotopic (exact) mass is 1030 g/mol. The molecule has 4 aromatic heterocycles. The molecule has 19 heteroatoms. The van der Waals surface area contributed by atoms with E-state index in [0.29, 0.717) is 46.1 Å². The number of hydrogen-bond donors (Lipinski definition) is 4. The van der Waals surface area contributed by atoms with Crippen molar-refractivity contribution in [2.24, 2.45) is 14.1 Å². The van der Waals surface area contributed by atoms with Crippen molar-refractivity contribution in [3.05, 3.63) is 109 Å². The maximum absolute atomic E-state index is 12.3. The Kier molecular flexibility index (Phi) is 17.6. The lowest BCUT2D eigenvalue weighted by Gasteiger charge is -2.26. The molecule has 0 saturated heterocycles. The number of nitrogens with two attached hydrogens (primary N) is 1. The summed E-state index contributed by atoms with van der Waals surface area (Å²) in [5, 5.41) is 11.7. The van der Waals surface area contributed by atoms with E-state index in [2.05, 4.69) is 93.8 Å². The molecule has 0 spiro atoms. The Balaban J connectivity index is 0.000000222. The number of hydrogen-bond acceptors (Lipinski definition) is 16. The molecule has 0 unspecified atom stereocenters. The van der Waals surface area contributed by atoms with E-state index < -0.39 is 0 Å². The quantitative estimate of drug-likeness (QED) is 0.0417. The van der Waals surface area contributed by atoms with Crippen LogP contribution in [0.3, 0.4) is 0 Å². The number of likely N-dealkylation sites (N-methyl/N-ethyl adjacent to an activating group) is 4. The summed E-state index contributed by atoms with van der Waals surface area (Å²) in [7, 11) is 22.8. The number of ether oxygens (including phenoxy) is 4. The Morgan fingerprint density at radius 3 is 1.50 bits per heavy atom. The van der Waals surface area contributed by atoms with Gasteiger partial charge in [-0.1, -0.05) is 6.58 Å². The lowest BCUT2D eigenvalue weighted by Crippen LogP contribution is -2.29. The predicted molar refractivity (Wildman–Crippen MR) is 310 cm³/mol. The van der Waals surface area contributed by atoms with Crippen LogP contribution in [0.4, 0.5) is 46.0 Å². The Hall–Kier alpha value is -8.55. The van der Waals surface area contributed by atoms with Crippen molar-refractivity contribution in [3.8, 4) is 45.5 Å². The molecule has 8 rings (SSSR count). The highest BCUT2D eigenvalue weighted by atomic mass is 16.5. The first-order valence-electron chi connectivity index (χ1n) is 24.7. The standard InChI is InChI=1S/C30H37N7O3.C27H35N7O2/c1-9-28(38)32-23-15-24(27(40-8)16-26(23)36(5)13-12-35(3)4)33-30-31-17-19(2)29(34-30)22-18-37(6)25-14-20(39-7)10-11-21(22)25;1-17-15-29-27(31-26(17)20-16-34(5)23-12-18(35-6)8-9-19(20)23)30-22-13-21(28)24(14-25(22)36-7)33(4)11-10-32(2)3/h9-11,14-18H,1,12-13H2,2-8H3,(H,32,38)(H,31,33,34);8-9,12-16H,10-11,28H2,1-7H3,(H,29,30,31). The van der Waals surface area contributed by atoms with Crippen LogP contribution >= 0.6 is 0 Å². The molecule has 19 nitrogen and oxygen atoms in total. The van der Waals surface area contributed by atoms with Gasteiger partial charge in [0.2, 0.25) is 17.8 Å². The molecule has 400 valence electrons. The van der Waals surface area contributed by atoms with Crippen LogP contribution in [0, 0.1) is 13.8 Å². The second-order valence-electron chi connectivity index (χ2n) is 19.1. The van der Waals surface area contributed by atoms with Gasteiger partial charge in [-0.25, -0.2) is 19.9 Å². The minimum absolute atomic E-state index is 0.306. The van der Waals surface area contributed by atoms with Crippen LogP contribution in [0.1, 0.15) is 11.1 Å². The number of nitrogen functional groups attached to an aromatic ring is 1. The highest BCUT2D eigenvalue weighted by Gasteiger charge is 2.21. The summed E-state index contributed by atoms with van der Waals surface area (Å²) < 4.78 is 26.4. The number of nitrogens with one attached hydrogen (secondary N) is 3. The van der Waals surface area contributed by atoms with Crippen LogP contribution in [0.25, 0.3) is 44.3 Å². The van der Waals surface area contributed by atoms with E-state index in [0.717, 1.165) is 105 Å². The van der Waals surface area contributed by atoms with Crippen molar-refractivity contribution in [3.63, 3.8) is 0 Å². The molecule has 0 aliphatic heterocycles. The summed E-state index contributed by atoms with van der Waals surface area (Å²) in [6.07, 6.45) is 9.01. The molecule has 4 aromatic carbocycles. The maximum Gasteiger partial charge on any atom is 0.247 e. The third-order valence-electron chi connectivity index (χ3n) is 13.0. The number of benzene rings is 4. The lowest BCUT2D eigenvalue weighted by molar-refractivity contribution is -0.111. The normalized spacial score (nSPS) is 11.1. The van der Waals surface area contributed by atoms with Gasteiger partial charge in [-0.3, -0.25) is 4.79 Å². The largest absolute Gasteiger partial charge is 0.497 e. The van der Waals surface area contributed by atoms with Gasteiger partial charge in [-0.2, -0.15) is 0 Å². The van der Waals surface area contributed by atoms with Crippen molar-refractivity contribution in [1.29, 1.82) is 0 Å². The Morgan fingerprint density at radius 1 is 0.618 bits per heavy atom. The molecule has 0 fully saturated rings. The summed E-state index contributed by atoms with van der Waals surface area (Å²) in [6.45, 7) is 10.9. The molecule has 0 saturated carbocycles. The molecule has 4 heterocycles. The van der Waals surface area contributed by atoms with Crippen molar-refractivity contribution in [1.82, 2.24) is 38.9 Å². The van der Waals surface area contributed by atoms with Crippen molar-refractivity contribution >= 4 is 73.7 Å². The van der Waals surface area contributed by atoms with Crippen LogP contribution in [0.5, 0.6) is 23.0 Å². The summed E-state index contributed by atoms with van der Waals surface area (Å²) in [4.78, 5) is 39.6. The van der Waals surface area contributed by atoms with Crippen LogP contribution < -0.4 is 50.4 Å². The Bertz CT molecular complexity index is 3370. The van der Waals surface area contributed by atoms with E-state index >= 15 is 0 Å². The lowest BCUT2D eigenvalue weighted by atomic mass is 10.1.